The molecule has 19 heavy (non-hydrogen) atoms. The van der Waals surface area contributed by atoms with Crippen molar-refractivity contribution >= 4 is 34.2 Å². The predicted octanol–water partition coefficient (Wildman–Crippen LogP) is 2.67. The lowest BCUT2D eigenvalue weighted by molar-refractivity contribution is -0.121. The van der Waals surface area contributed by atoms with Crippen molar-refractivity contribution in [2.45, 2.75) is 31.7 Å². The molecule has 1 atom stereocenters. The molecule has 1 aliphatic heterocycles. The first-order chi connectivity index (χ1) is 8.74. The first-order valence-corrected chi connectivity index (χ1v) is 7.28. The summed E-state index contributed by atoms with van der Waals surface area (Å²) in [4.78, 5) is 11.8. The van der Waals surface area contributed by atoms with Crippen LogP contribution in [0.3, 0.4) is 0 Å². The largest absolute Gasteiger partial charge is 0.352 e. The van der Waals surface area contributed by atoms with Crippen molar-refractivity contribution in [3.8, 4) is 0 Å². The zero-order chi connectivity index (χ0) is 12.8. The third kappa shape index (κ3) is 5.93. The topological polar surface area (TPSA) is 41.1 Å². The molecule has 0 bridgehead atoms. The smallest absolute Gasteiger partial charge is 0.220 e. The van der Waals surface area contributed by atoms with Crippen LogP contribution in [0.4, 0.5) is 0 Å². The lowest BCUT2D eigenvalue weighted by Crippen LogP contribution is -2.45. The fourth-order valence-corrected chi connectivity index (χ4v) is 2.67. The molecule has 0 aliphatic carbocycles. The highest BCUT2D eigenvalue weighted by molar-refractivity contribution is 9.10. The number of rotatable bonds is 4. The zero-order valence-electron chi connectivity index (χ0n) is 10.8. The molecule has 0 radical (unpaired) electrons. The molecule has 5 heteroatoms. The number of hydrogen-bond donors (Lipinski definition) is 2. The molecule has 3 nitrogen and oxygen atoms in total. The van der Waals surface area contributed by atoms with Crippen LogP contribution in [0.5, 0.6) is 0 Å². The molecule has 1 aromatic rings. The molecule has 0 spiro atoms. The van der Waals surface area contributed by atoms with Crippen LogP contribution >= 0.6 is 28.3 Å². The lowest BCUT2D eigenvalue weighted by Gasteiger charge is -2.23. The van der Waals surface area contributed by atoms with Gasteiger partial charge in [0.15, 0.2) is 0 Å². The molecule has 0 saturated carbocycles. The summed E-state index contributed by atoms with van der Waals surface area (Å²) in [5.74, 6) is 0.156. The van der Waals surface area contributed by atoms with Crippen molar-refractivity contribution in [1.82, 2.24) is 10.6 Å². The summed E-state index contributed by atoms with van der Waals surface area (Å²) in [6, 6.07) is 8.43. The molecule has 106 valence electrons. The molecule has 1 aliphatic rings. The molecule has 0 unspecified atom stereocenters. The van der Waals surface area contributed by atoms with E-state index in [4.69, 9.17) is 0 Å². The van der Waals surface area contributed by atoms with Gasteiger partial charge in [-0.3, -0.25) is 4.79 Å². The van der Waals surface area contributed by atoms with Crippen LogP contribution in [-0.4, -0.2) is 25.0 Å². The third-order valence-corrected chi connectivity index (χ3v) is 3.69. The second kappa shape index (κ2) is 8.56. The molecule has 2 rings (SSSR count). The van der Waals surface area contributed by atoms with Gasteiger partial charge in [-0.1, -0.05) is 28.1 Å². The van der Waals surface area contributed by atoms with Gasteiger partial charge in [0.2, 0.25) is 5.91 Å². The second-order valence-corrected chi connectivity index (χ2v) is 5.66. The van der Waals surface area contributed by atoms with Gasteiger partial charge >= 0.3 is 0 Å². The number of aryl methyl sites for hydroxylation is 1. The first kappa shape index (κ1) is 16.5. The summed E-state index contributed by atoms with van der Waals surface area (Å²) in [5.41, 5.74) is 1.20. The van der Waals surface area contributed by atoms with Gasteiger partial charge in [-0.2, -0.15) is 0 Å². The number of piperidine rings is 1. The van der Waals surface area contributed by atoms with Crippen LogP contribution in [0.15, 0.2) is 28.7 Å². The zero-order valence-corrected chi connectivity index (χ0v) is 13.2. The van der Waals surface area contributed by atoms with Crippen molar-refractivity contribution in [3.05, 3.63) is 34.3 Å². The number of hydrogen-bond acceptors (Lipinski definition) is 2. The van der Waals surface area contributed by atoms with Crippen molar-refractivity contribution in [3.63, 3.8) is 0 Å². The van der Waals surface area contributed by atoms with Gasteiger partial charge in [0, 0.05) is 23.5 Å². The average molecular weight is 348 g/mol. The van der Waals surface area contributed by atoms with E-state index in [1.54, 1.807) is 0 Å². The number of amides is 1. The van der Waals surface area contributed by atoms with E-state index in [9.17, 15) is 4.79 Å². The van der Waals surface area contributed by atoms with Gasteiger partial charge in [0.05, 0.1) is 0 Å². The summed E-state index contributed by atoms with van der Waals surface area (Å²) in [7, 11) is 0. The molecule has 1 aromatic carbocycles. The van der Waals surface area contributed by atoms with E-state index in [0.717, 1.165) is 36.8 Å². The van der Waals surface area contributed by atoms with Crippen molar-refractivity contribution in [2.75, 3.05) is 13.1 Å². The summed E-state index contributed by atoms with van der Waals surface area (Å²) < 4.78 is 1.07. The molecule has 1 fully saturated rings. The van der Waals surface area contributed by atoms with E-state index in [1.807, 2.05) is 12.1 Å². The second-order valence-electron chi connectivity index (χ2n) is 4.74. The summed E-state index contributed by atoms with van der Waals surface area (Å²) in [6.45, 7) is 1.98. The maximum atomic E-state index is 11.8. The Morgan fingerprint density at radius 2 is 2.32 bits per heavy atom. The highest BCUT2D eigenvalue weighted by Crippen LogP contribution is 2.13. The van der Waals surface area contributed by atoms with Gasteiger partial charge in [-0.15, -0.1) is 12.4 Å². The Morgan fingerprint density at radius 1 is 1.47 bits per heavy atom. The first-order valence-electron chi connectivity index (χ1n) is 6.48. The third-order valence-electron chi connectivity index (χ3n) is 3.19. The maximum absolute atomic E-state index is 11.8. The fraction of sp³-hybridized carbons (Fsp3) is 0.500. The lowest BCUT2D eigenvalue weighted by atomic mass is 10.1. The van der Waals surface area contributed by atoms with Gasteiger partial charge in [-0.25, -0.2) is 0 Å². The molecule has 2 N–H and O–H groups in total. The maximum Gasteiger partial charge on any atom is 0.220 e. The Bertz CT molecular complexity index is 408. The normalized spacial score (nSPS) is 18.5. The van der Waals surface area contributed by atoms with Crippen LogP contribution in [0.25, 0.3) is 0 Å². The highest BCUT2D eigenvalue weighted by Gasteiger charge is 2.14. The molecular formula is C14H20BrClN2O. The Kier molecular flexibility index (Phi) is 7.42. The number of halogens is 2. The molecule has 1 amide bonds. The Hall–Kier alpha value is -0.580. The number of carbonyl (C=O) groups excluding carboxylic acids is 1. The fourth-order valence-electron chi connectivity index (χ4n) is 2.23. The van der Waals surface area contributed by atoms with Gasteiger partial charge in [0.1, 0.15) is 0 Å². The standard InChI is InChI=1S/C14H19BrN2O.ClH/c15-12-4-1-3-11(9-12)6-7-14(18)17-13-5-2-8-16-10-13;/h1,3-4,9,13,16H,2,5-8,10H2,(H,17,18);1H/t13-;/m0./s1. The van der Waals surface area contributed by atoms with Gasteiger partial charge in [0.25, 0.3) is 0 Å². The van der Waals surface area contributed by atoms with Crippen molar-refractivity contribution < 1.29 is 4.79 Å². The minimum atomic E-state index is 0. The van der Waals surface area contributed by atoms with E-state index in [2.05, 4.69) is 38.7 Å². The molecule has 1 heterocycles. The summed E-state index contributed by atoms with van der Waals surface area (Å²) >= 11 is 3.44. The minimum Gasteiger partial charge on any atom is -0.352 e. The Morgan fingerprint density at radius 3 is 3.00 bits per heavy atom. The van der Waals surface area contributed by atoms with Crippen LogP contribution < -0.4 is 10.6 Å². The van der Waals surface area contributed by atoms with Crippen molar-refractivity contribution in [2.24, 2.45) is 0 Å². The SMILES string of the molecule is Cl.O=C(CCc1cccc(Br)c1)N[C@H]1CCCNC1. The molecule has 1 saturated heterocycles. The van der Waals surface area contributed by atoms with E-state index < -0.39 is 0 Å². The van der Waals surface area contributed by atoms with Crippen LogP contribution in [0.1, 0.15) is 24.8 Å². The molecular weight excluding hydrogens is 328 g/mol. The van der Waals surface area contributed by atoms with Gasteiger partial charge in [-0.05, 0) is 43.5 Å². The number of carbonyl (C=O) groups is 1. The van der Waals surface area contributed by atoms with E-state index in [0.29, 0.717) is 12.5 Å². The van der Waals surface area contributed by atoms with Crippen LogP contribution in [0, 0.1) is 0 Å². The van der Waals surface area contributed by atoms with Gasteiger partial charge < -0.3 is 10.6 Å². The van der Waals surface area contributed by atoms with Crippen LogP contribution in [-0.2, 0) is 11.2 Å². The van der Waals surface area contributed by atoms with E-state index in [1.165, 1.54) is 5.56 Å². The number of benzene rings is 1. The number of nitrogens with one attached hydrogen (secondary N) is 2. The minimum absolute atomic E-state index is 0. The summed E-state index contributed by atoms with van der Waals surface area (Å²) in [5, 5.41) is 6.39. The average Bonchev–Trinajstić information content (AvgIpc) is 2.38. The highest BCUT2D eigenvalue weighted by atomic mass is 79.9. The van der Waals surface area contributed by atoms with Crippen molar-refractivity contribution in [1.29, 1.82) is 0 Å². The predicted molar refractivity (Wildman–Crippen MR) is 83.7 cm³/mol. The monoisotopic (exact) mass is 346 g/mol. The summed E-state index contributed by atoms with van der Waals surface area (Å²) in [6.07, 6.45) is 3.60. The molecule has 0 aromatic heterocycles. The van der Waals surface area contributed by atoms with E-state index in [-0.39, 0.29) is 18.3 Å². The van der Waals surface area contributed by atoms with E-state index >= 15 is 0 Å². The van der Waals surface area contributed by atoms with Crippen LogP contribution in [0.2, 0.25) is 0 Å². The Labute approximate surface area is 129 Å². The quantitative estimate of drug-likeness (QED) is 0.879. The Balaban J connectivity index is 0.00000180.